The van der Waals surface area contributed by atoms with Crippen molar-refractivity contribution in [1.29, 1.82) is 0 Å². The molecule has 0 aromatic carbocycles. The zero-order valence-corrected chi connectivity index (χ0v) is 6.71. The fraction of sp³-hybridized carbons (Fsp3) is 0. The van der Waals surface area contributed by atoms with Crippen molar-refractivity contribution in [2.75, 3.05) is 0 Å². The summed E-state index contributed by atoms with van der Waals surface area (Å²) < 4.78 is 42.6. The molecule has 0 saturated heterocycles. The first-order valence-electron chi connectivity index (χ1n) is 1.01. The molecule has 0 spiro atoms. The Labute approximate surface area is 40.0 Å². The van der Waals surface area contributed by atoms with Crippen LogP contribution in [0.3, 0.4) is 0 Å². The molecule has 0 nitrogen and oxygen atoms in total. The molecule has 0 saturated carbocycles. The van der Waals surface area contributed by atoms with Gasteiger partial charge in [-0.05, 0) is 0 Å². The molecule has 0 aliphatic heterocycles. The van der Waals surface area contributed by atoms with Gasteiger partial charge in [-0.2, -0.15) is 0 Å². The van der Waals surface area contributed by atoms with Gasteiger partial charge < -0.3 is 0 Å². The average molecular weight is 221 g/mol. The monoisotopic (exact) mass is 224 g/mol. The summed E-state index contributed by atoms with van der Waals surface area (Å²) in [5.41, 5.74) is 0. The maximum absolute atomic E-state index is 10.6. The average Bonchev–Trinajstić information content (AvgIpc) is 1.36. The summed E-state index contributed by atoms with van der Waals surface area (Å²) >= 11 is -9.26. The number of rotatable bonds is 0. The van der Waals surface area contributed by atoms with Gasteiger partial charge >= 0.3 is 39.5 Å². The van der Waals surface area contributed by atoms with Gasteiger partial charge in [0.2, 0.25) is 0 Å². The Balaban J connectivity index is 3.68. The van der Waals surface area contributed by atoms with E-state index in [0.29, 0.717) is 0 Å². The number of hydrogen-bond donors (Lipinski definition) is 0. The fourth-order valence-corrected chi connectivity index (χ4v) is 0. The van der Waals surface area contributed by atoms with Gasteiger partial charge in [0.1, 0.15) is 0 Å². The predicted octanol–water partition coefficient (Wildman–Crippen LogP) is 0.919. The van der Waals surface area contributed by atoms with Gasteiger partial charge in [-0.3, -0.25) is 0 Å². The normalized spacial score (nSPS) is 8.00. The topological polar surface area (TPSA) is 0 Å². The van der Waals surface area contributed by atoms with Crippen LogP contribution in [0, 0.1) is 0 Å². The van der Waals surface area contributed by atoms with Gasteiger partial charge in [0.25, 0.3) is 0 Å². The first-order valence-corrected chi connectivity index (χ1v) is 10.7. The summed E-state index contributed by atoms with van der Waals surface area (Å²) in [4.78, 5) is 0. The zero-order chi connectivity index (χ0) is 5.15. The first kappa shape index (κ1) is 6.81. The second-order valence-electron chi connectivity index (χ2n) is 0.521. The molecule has 0 amide bonds. The summed E-state index contributed by atoms with van der Waals surface area (Å²) in [5, 5.41) is 0. The van der Waals surface area contributed by atoms with Crippen LogP contribution in [-0.2, 0) is 0 Å². The second-order valence-corrected chi connectivity index (χ2v) is 10.9. The maximum atomic E-state index is 10.6. The summed E-state index contributed by atoms with van der Waals surface area (Å²) in [7, 11) is 0. The number of halogens is 4. The molecule has 6 heteroatoms. The molecule has 0 radical (unpaired) electrons. The van der Waals surface area contributed by atoms with Crippen LogP contribution >= 0.6 is 0 Å². The van der Waals surface area contributed by atoms with E-state index in [1.165, 1.54) is 0 Å². The third-order valence-electron chi connectivity index (χ3n) is 0.143. The van der Waals surface area contributed by atoms with E-state index in [0.717, 1.165) is 0 Å². The van der Waals surface area contributed by atoms with Gasteiger partial charge in [0.05, 0.1) is 0 Å². The van der Waals surface area contributed by atoms with Crippen molar-refractivity contribution in [1.82, 2.24) is 0 Å². The van der Waals surface area contributed by atoms with Crippen molar-refractivity contribution in [3.05, 3.63) is 0 Å². The summed E-state index contributed by atoms with van der Waals surface area (Å²) in [5.74, 6) is 0. The van der Waals surface area contributed by atoms with E-state index in [1.807, 2.05) is 0 Å². The van der Waals surface area contributed by atoms with Gasteiger partial charge in [-0.25, -0.2) is 0 Å². The predicted molar refractivity (Wildman–Crippen MR) is 15.9 cm³/mol. The Kier molecular flexibility index (Phi) is 3.28. The van der Waals surface area contributed by atoms with Crippen molar-refractivity contribution in [3.8, 4) is 0 Å². The standard InChI is InChI=1S/F4Ge2/c1-5(2)6(3)4. The molecule has 0 heterocycles. The summed E-state index contributed by atoms with van der Waals surface area (Å²) in [6.45, 7) is 0. The molecular weight excluding hydrogens is 221 g/mol. The van der Waals surface area contributed by atoms with Gasteiger partial charge in [0, 0.05) is 0 Å². The molecule has 36 valence electrons. The SMILES string of the molecule is [F][Ge]([F])=[Ge]([F])[F]. The Morgan fingerprint density at radius 1 is 0.667 bits per heavy atom. The molecule has 0 aromatic rings. The van der Waals surface area contributed by atoms with Crippen LogP contribution < -0.4 is 0 Å². The summed E-state index contributed by atoms with van der Waals surface area (Å²) in [6.07, 6.45) is 0. The van der Waals surface area contributed by atoms with E-state index >= 15 is 0 Å². The molecule has 0 aliphatic rings. The van der Waals surface area contributed by atoms with E-state index in [1.54, 1.807) is 0 Å². The Hall–Kier alpha value is 0.806. The minimum atomic E-state index is -4.63. The molecule has 6 heavy (non-hydrogen) atoms. The molecule has 0 unspecified atom stereocenters. The van der Waals surface area contributed by atoms with Crippen molar-refractivity contribution in [2.45, 2.75) is 0 Å². The fourth-order valence-electron chi connectivity index (χ4n) is 0. The number of hydrogen-bond acceptors (Lipinski definition) is 0. The summed E-state index contributed by atoms with van der Waals surface area (Å²) in [6, 6.07) is 0. The third kappa shape index (κ3) is 3.01. The van der Waals surface area contributed by atoms with Crippen LogP contribution in [0.1, 0.15) is 0 Å². The second kappa shape index (κ2) is 2.89. The molecule has 0 fully saturated rings. The van der Waals surface area contributed by atoms with Crippen LogP contribution in [0.4, 0.5) is 14.0 Å². The van der Waals surface area contributed by atoms with Gasteiger partial charge in [-0.15, -0.1) is 0 Å². The van der Waals surface area contributed by atoms with E-state index < -0.39 is 25.5 Å². The molecule has 0 rings (SSSR count). The molecule has 0 aliphatic carbocycles. The van der Waals surface area contributed by atoms with Crippen LogP contribution in [0.2, 0.25) is 0 Å². The molecule has 0 aromatic heterocycles. The molecular formula is F4Ge2. The first-order chi connectivity index (χ1) is 2.64. The Bertz CT molecular complexity index is 55.6. The van der Waals surface area contributed by atoms with Crippen LogP contribution in [0.15, 0.2) is 0 Å². The minimum absolute atomic E-state index is 4.63. The zero-order valence-electron chi connectivity index (χ0n) is 2.51. The van der Waals surface area contributed by atoms with E-state index in [9.17, 15) is 14.0 Å². The molecule has 0 bridgehead atoms. The van der Waals surface area contributed by atoms with Gasteiger partial charge in [0.15, 0.2) is 0 Å². The van der Waals surface area contributed by atoms with Crippen LogP contribution in [0.5, 0.6) is 0 Å². The Morgan fingerprint density at radius 2 is 0.833 bits per heavy atom. The van der Waals surface area contributed by atoms with Crippen molar-refractivity contribution in [3.63, 3.8) is 0 Å². The van der Waals surface area contributed by atoms with Crippen LogP contribution in [-0.4, -0.2) is 25.5 Å². The molecule has 0 N–H and O–H groups in total. The Morgan fingerprint density at radius 3 is 0.833 bits per heavy atom. The van der Waals surface area contributed by atoms with Crippen molar-refractivity contribution < 1.29 is 14.0 Å². The van der Waals surface area contributed by atoms with E-state index in [-0.39, 0.29) is 0 Å². The third-order valence-corrected chi connectivity index (χ3v) is 3.86. The van der Waals surface area contributed by atoms with Crippen LogP contribution in [0.25, 0.3) is 0 Å². The van der Waals surface area contributed by atoms with E-state index in [2.05, 4.69) is 0 Å². The van der Waals surface area contributed by atoms with E-state index in [4.69, 9.17) is 0 Å². The molecule has 0 atom stereocenters. The quantitative estimate of drug-likeness (QED) is 0.421. The van der Waals surface area contributed by atoms with Crippen molar-refractivity contribution >= 4 is 25.5 Å². The van der Waals surface area contributed by atoms with Gasteiger partial charge in [-0.1, -0.05) is 0 Å². The van der Waals surface area contributed by atoms with Crippen molar-refractivity contribution in [2.24, 2.45) is 0 Å².